The topological polar surface area (TPSA) is 61.8 Å². The minimum atomic E-state index is -0.706. The van der Waals surface area contributed by atoms with Gasteiger partial charge in [0.15, 0.2) is 0 Å². The molecule has 0 aliphatic carbocycles. The van der Waals surface area contributed by atoms with Gasteiger partial charge in [-0.25, -0.2) is 9.59 Å². The van der Waals surface area contributed by atoms with E-state index in [1.807, 2.05) is 31.2 Å². The summed E-state index contributed by atoms with van der Waals surface area (Å²) in [6.45, 7) is 6.17. The maximum Gasteiger partial charge on any atom is 0.345 e. The minimum absolute atomic E-state index is 0.144. The number of ether oxygens (including phenoxy) is 3. The van der Waals surface area contributed by atoms with Crippen LogP contribution in [0.5, 0.6) is 5.75 Å². The fourth-order valence-electron chi connectivity index (χ4n) is 2.45. The van der Waals surface area contributed by atoms with Crippen LogP contribution in [0.25, 0.3) is 6.08 Å². The monoisotopic (exact) mass is 368 g/mol. The van der Waals surface area contributed by atoms with Crippen LogP contribution >= 0.6 is 0 Å². The van der Waals surface area contributed by atoms with Gasteiger partial charge in [-0.15, -0.1) is 0 Å². The van der Waals surface area contributed by atoms with Crippen LogP contribution in [0.3, 0.4) is 0 Å². The molecule has 5 nitrogen and oxygen atoms in total. The SMILES string of the molecule is CCOC(=O)C(=Cc1cccc(OCc2cccc(C)c2)c1)C(=O)OCC. The molecule has 2 rings (SSSR count). The van der Waals surface area contributed by atoms with Crippen molar-refractivity contribution in [3.63, 3.8) is 0 Å². The first-order chi connectivity index (χ1) is 13.0. The molecular formula is C22H24O5. The van der Waals surface area contributed by atoms with Gasteiger partial charge >= 0.3 is 11.9 Å². The lowest BCUT2D eigenvalue weighted by molar-refractivity contribution is -0.146. The Morgan fingerprint density at radius 1 is 0.926 bits per heavy atom. The molecule has 5 heteroatoms. The lowest BCUT2D eigenvalue weighted by atomic mass is 10.1. The highest BCUT2D eigenvalue weighted by Gasteiger charge is 2.21. The van der Waals surface area contributed by atoms with Gasteiger partial charge in [0.1, 0.15) is 17.9 Å². The third-order valence-corrected chi connectivity index (χ3v) is 3.65. The summed E-state index contributed by atoms with van der Waals surface area (Å²) in [6.07, 6.45) is 1.45. The van der Waals surface area contributed by atoms with Gasteiger partial charge in [0, 0.05) is 0 Å². The molecule has 2 aromatic carbocycles. The van der Waals surface area contributed by atoms with Gasteiger partial charge in [-0.3, -0.25) is 0 Å². The van der Waals surface area contributed by atoms with Crippen molar-refractivity contribution in [2.45, 2.75) is 27.4 Å². The van der Waals surface area contributed by atoms with E-state index < -0.39 is 11.9 Å². The summed E-state index contributed by atoms with van der Waals surface area (Å²) >= 11 is 0. The summed E-state index contributed by atoms with van der Waals surface area (Å²) in [4.78, 5) is 24.1. The summed E-state index contributed by atoms with van der Waals surface area (Å²) in [6, 6.07) is 15.2. The molecule has 142 valence electrons. The van der Waals surface area contributed by atoms with Crippen molar-refractivity contribution in [3.05, 3.63) is 70.8 Å². The first-order valence-corrected chi connectivity index (χ1v) is 8.87. The Balaban J connectivity index is 2.18. The van der Waals surface area contributed by atoms with Gasteiger partial charge in [0.2, 0.25) is 0 Å². The molecule has 0 N–H and O–H groups in total. The number of benzene rings is 2. The highest BCUT2D eigenvalue weighted by molar-refractivity contribution is 6.17. The summed E-state index contributed by atoms with van der Waals surface area (Å²) in [5.74, 6) is -0.776. The summed E-state index contributed by atoms with van der Waals surface area (Å²) < 4.78 is 15.7. The second-order valence-electron chi connectivity index (χ2n) is 5.85. The second-order valence-corrected chi connectivity index (χ2v) is 5.85. The van der Waals surface area contributed by atoms with Crippen LogP contribution in [-0.2, 0) is 25.7 Å². The molecule has 0 aliphatic rings. The van der Waals surface area contributed by atoms with Gasteiger partial charge in [0.05, 0.1) is 13.2 Å². The highest BCUT2D eigenvalue weighted by atomic mass is 16.6. The maximum absolute atomic E-state index is 12.1. The van der Waals surface area contributed by atoms with Crippen molar-refractivity contribution in [1.82, 2.24) is 0 Å². The molecule has 0 bridgehead atoms. The molecule has 0 amide bonds. The predicted molar refractivity (Wildman–Crippen MR) is 103 cm³/mol. The zero-order valence-electron chi connectivity index (χ0n) is 15.9. The van der Waals surface area contributed by atoms with Gasteiger partial charge in [-0.2, -0.15) is 0 Å². The molecule has 2 aromatic rings. The molecule has 0 radical (unpaired) electrons. The van der Waals surface area contributed by atoms with Crippen molar-refractivity contribution in [3.8, 4) is 5.75 Å². The number of carbonyl (C=O) groups excluding carboxylic acids is 2. The van der Waals surface area contributed by atoms with Crippen molar-refractivity contribution in [1.29, 1.82) is 0 Å². The quantitative estimate of drug-likeness (QED) is 0.304. The Labute approximate surface area is 159 Å². The Kier molecular flexibility index (Phi) is 7.62. The zero-order valence-corrected chi connectivity index (χ0v) is 15.9. The fraction of sp³-hybridized carbons (Fsp3) is 0.273. The van der Waals surface area contributed by atoms with E-state index in [9.17, 15) is 9.59 Å². The van der Waals surface area contributed by atoms with Crippen LogP contribution in [0, 0.1) is 6.92 Å². The van der Waals surface area contributed by atoms with E-state index in [4.69, 9.17) is 14.2 Å². The van der Waals surface area contributed by atoms with Crippen LogP contribution < -0.4 is 4.74 Å². The first-order valence-electron chi connectivity index (χ1n) is 8.87. The maximum atomic E-state index is 12.1. The largest absolute Gasteiger partial charge is 0.489 e. The van der Waals surface area contributed by atoms with Crippen LogP contribution in [0.1, 0.15) is 30.5 Å². The van der Waals surface area contributed by atoms with E-state index in [1.165, 1.54) is 11.6 Å². The van der Waals surface area contributed by atoms with Crippen molar-refractivity contribution in [2.75, 3.05) is 13.2 Å². The summed E-state index contributed by atoms with van der Waals surface area (Å²) in [5.41, 5.74) is 2.73. The minimum Gasteiger partial charge on any atom is -0.489 e. The molecule has 0 heterocycles. The first kappa shape index (κ1) is 20.2. The Morgan fingerprint density at radius 2 is 1.59 bits per heavy atom. The third-order valence-electron chi connectivity index (χ3n) is 3.65. The van der Waals surface area contributed by atoms with E-state index in [0.29, 0.717) is 17.9 Å². The van der Waals surface area contributed by atoms with E-state index in [1.54, 1.807) is 32.0 Å². The summed E-state index contributed by atoms with van der Waals surface area (Å²) in [5, 5.41) is 0. The molecule has 0 saturated carbocycles. The number of hydrogen-bond acceptors (Lipinski definition) is 5. The molecule has 0 atom stereocenters. The Morgan fingerprint density at radius 3 is 2.22 bits per heavy atom. The molecule has 0 fully saturated rings. The molecule has 0 aliphatic heterocycles. The summed E-state index contributed by atoms with van der Waals surface area (Å²) in [7, 11) is 0. The second kappa shape index (κ2) is 10.2. The standard InChI is InChI=1S/C22H24O5/c1-4-25-21(23)20(22(24)26-5-2)14-17-9-7-11-19(13-17)27-15-18-10-6-8-16(3)12-18/h6-14H,4-5,15H2,1-3H3. The number of rotatable bonds is 8. The van der Waals surface area contributed by atoms with Crippen LogP contribution in [-0.4, -0.2) is 25.2 Å². The third kappa shape index (κ3) is 6.29. The van der Waals surface area contributed by atoms with Crippen LogP contribution in [0.15, 0.2) is 54.1 Å². The van der Waals surface area contributed by atoms with Gasteiger partial charge in [-0.1, -0.05) is 42.0 Å². The fourth-order valence-corrected chi connectivity index (χ4v) is 2.45. The lowest BCUT2D eigenvalue weighted by Crippen LogP contribution is -2.18. The normalized spacial score (nSPS) is 10.0. The molecule has 0 unspecified atom stereocenters. The number of hydrogen-bond donors (Lipinski definition) is 0. The Hall–Kier alpha value is -3.08. The average Bonchev–Trinajstić information content (AvgIpc) is 2.65. The lowest BCUT2D eigenvalue weighted by Gasteiger charge is -2.09. The van der Waals surface area contributed by atoms with Crippen LogP contribution in [0.4, 0.5) is 0 Å². The van der Waals surface area contributed by atoms with E-state index in [2.05, 4.69) is 6.07 Å². The van der Waals surface area contributed by atoms with Gasteiger partial charge < -0.3 is 14.2 Å². The van der Waals surface area contributed by atoms with E-state index >= 15 is 0 Å². The van der Waals surface area contributed by atoms with Crippen molar-refractivity contribution in [2.24, 2.45) is 0 Å². The number of esters is 2. The van der Waals surface area contributed by atoms with Crippen molar-refractivity contribution < 1.29 is 23.8 Å². The number of carbonyl (C=O) groups is 2. The van der Waals surface area contributed by atoms with E-state index in [-0.39, 0.29) is 18.8 Å². The zero-order chi connectivity index (χ0) is 19.6. The van der Waals surface area contributed by atoms with Gasteiger partial charge in [-0.05, 0) is 50.1 Å². The van der Waals surface area contributed by atoms with Gasteiger partial charge in [0.25, 0.3) is 0 Å². The molecule has 27 heavy (non-hydrogen) atoms. The number of aryl methyl sites for hydroxylation is 1. The van der Waals surface area contributed by atoms with E-state index in [0.717, 1.165) is 5.56 Å². The van der Waals surface area contributed by atoms with Crippen LogP contribution in [0.2, 0.25) is 0 Å². The molecule has 0 spiro atoms. The molecule has 0 aromatic heterocycles. The predicted octanol–water partition coefficient (Wildman–Crippen LogP) is 4.08. The highest BCUT2D eigenvalue weighted by Crippen LogP contribution is 2.19. The average molecular weight is 368 g/mol. The smallest absolute Gasteiger partial charge is 0.345 e. The molecular weight excluding hydrogens is 344 g/mol. The van der Waals surface area contributed by atoms with Crippen molar-refractivity contribution >= 4 is 18.0 Å². The Bertz CT molecular complexity index is 803. The molecule has 0 saturated heterocycles.